The molecular formula is C21H21ClN2O3. The Bertz CT molecular complexity index is 1010. The zero-order valence-corrected chi connectivity index (χ0v) is 16.1. The van der Waals surface area contributed by atoms with E-state index in [4.69, 9.17) is 16.3 Å². The van der Waals surface area contributed by atoms with E-state index in [0.29, 0.717) is 22.8 Å². The SMILES string of the molecule is CCCC(C(=O)OCc1cc(=O)n2cc(C)ccc2n1)c1ccc(Cl)cc1. The predicted octanol–water partition coefficient (Wildman–Crippen LogP) is 4.28. The van der Waals surface area contributed by atoms with Crippen LogP contribution < -0.4 is 5.56 Å². The summed E-state index contributed by atoms with van der Waals surface area (Å²) in [5, 5.41) is 0.624. The van der Waals surface area contributed by atoms with Gasteiger partial charge in [0.1, 0.15) is 12.3 Å². The number of nitrogens with zero attached hydrogens (tertiary/aromatic N) is 2. The Hall–Kier alpha value is -2.66. The van der Waals surface area contributed by atoms with Gasteiger partial charge in [0.2, 0.25) is 0 Å². The van der Waals surface area contributed by atoms with Crippen LogP contribution in [0.3, 0.4) is 0 Å². The molecule has 0 aliphatic carbocycles. The lowest BCUT2D eigenvalue weighted by Gasteiger charge is -2.16. The molecule has 1 aromatic carbocycles. The van der Waals surface area contributed by atoms with Crippen molar-refractivity contribution >= 4 is 23.2 Å². The fourth-order valence-corrected chi connectivity index (χ4v) is 3.11. The summed E-state index contributed by atoms with van der Waals surface area (Å²) in [5.74, 6) is -0.693. The van der Waals surface area contributed by atoms with Crippen molar-refractivity contribution in [2.24, 2.45) is 0 Å². The third-order valence-electron chi connectivity index (χ3n) is 4.36. The molecule has 0 saturated heterocycles. The molecular weight excluding hydrogens is 364 g/mol. The van der Waals surface area contributed by atoms with Crippen LogP contribution in [0.2, 0.25) is 5.02 Å². The summed E-state index contributed by atoms with van der Waals surface area (Å²) in [7, 11) is 0. The number of rotatable bonds is 6. The van der Waals surface area contributed by atoms with Gasteiger partial charge in [0.05, 0.1) is 11.6 Å². The number of aryl methyl sites for hydroxylation is 1. The van der Waals surface area contributed by atoms with Crippen LogP contribution in [0, 0.1) is 6.92 Å². The van der Waals surface area contributed by atoms with E-state index in [1.807, 2.05) is 32.0 Å². The van der Waals surface area contributed by atoms with Crippen LogP contribution in [0.4, 0.5) is 0 Å². The predicted molar refractivity (Wildman–Crippen MR) is 105 cm³/mol. The first kappa shape index (κ1) is 19.1. The fraction of sp³-hybridized carbons (Fsp3) is 0.286. The lowest BCUT2D eigenvalue weighted by atomic mass is 9.95. The van der Waals surface area contributed by atoms with Gasteiger partial charge in [0.15, 0.2) is 0 Å². The first-order valence-corrected chi connectivity index (χ1v) is 9.26. The minimum atomic E-state index is -0.364. The number of hydrogen-bond acceptors (Lipinski definition) is 4. The lowest BCUT2D eigenvalue weighted by molar-refractivity contribution is -0.147. The molecule has 2 heterocycles. The van der Waals surface area contributed by atoms with Gasteiger partial charge in [0, 0.05) is 17.3 Å². The van der Waals surface area contributed by atoms with Gasteiger partial charge in [0.25, 0.3) is 5.56 Å². The molecule has 3 rings (SSSR count). The van der Waals surface area contributed by atoms with E-state index in [9.17, 15) is 9.59 Å². The molecule has 0 fully saturated rings. The van der Waals surface area contributed by atoms with Crippen molar-refractivity contribution in [3.8, 4) is 0 Å². The highest BCUT2D eigenvalue weighted by molar-refractivity contribution is 6.30. The summed E-state index contributed by atoms with van der Waals surface area (Å²) in [6.07, 6.45) is 3.25. The average Bonchev–Trinajstić information content (AvgIpc) is 2.66. The van der Waals surface area contributed by atoms with Gasteiger partial charge >= 0.3 is 5.97 Å². The van der Waals surface area contributed by atoms with E-state index in [-0.39, 0.29) is 24.1 Å². The van der Waals surface area contributed by atoms with Crippen molar-refractivity contribution in [1.29, 1.82) is 0 Å². The van der Waals surface area contributed by atoms with E-state index in [1.165, 1.54) is 10.5 Å². The minimum Gasteiger partial charge on any atom is -0.459 e. The first-order valence-electron chi connectivity index (χ1n) is 8.89. The van der Waals surface area contributed by atoms with Gasteiger partial charge < -0.3 is 4.74 Å². The van der Waals surface area contributed by atoms with Crippen LogP contribution in [-0.4, -0.2) is 15.4 Å². The van der Waals surface area contributed by atoms with Gasteiger partial charge in [-0.3, -0.25) is 14.0 Å². The maximum absolute atomic E-state index is 12.6. The molecule has 0 bridgehead atoms. The second-order valence-corrected chi connectivity index (χ2v) is 6.96. The van der Waals surface area contributed by atoms with Gasteiger partial charge in [-0.15, -0.1) is 0 Å². The standard InChI is InChI=1S/C21H21ClN2O3/c1-3-4-18(15-6-8-16(22)9-7-15)21(26)27-13-17-11-20(25)24-12-14(2)5-10-19(24)23-17/h5-12,18H,3-4,13H2,1-2H3. The van der Waals surface area contributed by atoms with E-state index < -0.39 is 0 Å². The summed E-state index contributed by atoms with van der Waals surface area (Å²) in [6, 6.07) is 12.3. The average molecular weight is 385 g/mol. The molecule has 0 N–H and O–H groups in total. The summed E-state index contributed by atoms with van der Waals surface area (Å²) >= 11 is 5.93. The number of fused-ring (bicyclic) bond motifs is 1. The van der Waals surface area contributed by atoms with Crippen LogP contribution in [0.1, 0.15) is 42.5 Å². The van der Waals surface area contributed by atoms with E-state index in [0.717, 1.165) is 17.5 Å². The number of pyridine rings is 1. The van der Waals surface area contributed by atoms with Crippen molar-refractivity contribution in [2.45, 2.75) is 39.2 Å². The highest BCUT2D eigenvalue weighted by atomic mass is 35.5. The molecule has 27 heavy (non-hydrogen) atoms. The van der Waals surface area contributed by atoms with Gasteiger partial charge in [-0.2, -0.15) is 0 Å². The van der Waals surface area contributed by atoms with Crippen molar-refractivity contribution < 1.29 is 9.53 Å². The maximum atomic E-state index is 12.6. The zero-order valence-electron chi connectivity index (χ0n) is 15.3. The molecule has 140 valence electrons. The Balaban J connectivity index is 1.77. The maximum Gasteiger partial charge on any atom is 0.313 e. The van der Waals surface area contributed by atoms with Crippen molar-refractivity contribution in [1.82, 2.24) is 9.38 Å². The largest absolute Gasteiger partial charge is 0.459 e. The van der Waals surface area contributed by atoms with Crippen LogP contribution in [0.25, 0.3) is 5.65 Å². The number of ether oxygens (including phenoxy) is 1. The molecule has 0 saturated carbocycles. The number of esters is 1. The van der Waals surface area contributed by atoms with Crippen molar-refractivity contribution in [3.63, 3.8) is 0 Å². The van der Waals surface area contributed by atoms with Gasteiger partial charge in [-0.25, -0.2) is 4.98 Å². The minimum absolute atomic E-state index is 0.0355. The molecule has 5 nitrogen and oxygen atoms in total. The Morgan fingerprint density at radius 2 is 1.96 bits per heavy atom. The Kier molecular flexibility index (Phi) is 5.91. The molecule has 0 amide bonds. The Morgan fingerprint density at radius 3 is 2.67 bits per heavy atom. The first-order chi connectivity index (χ1) is 13.0. The second-order valence-electron chi connectivity index (χ2n) is 6.52. The van der Waals surface area contributed by atoms with Gasteiger partial charge in [-0.05, 0) is 42.7 Å². The summed E-state index contributed by atoms with van der Waals surface area (Å²) in [6.45, 7) is 3.89. The highest BCUT2D eigenvalue weighted by Gasteiger charge is 2.21. The number of aromatic nitrogens is 2. The van der Waals surface area contributed by atoms with Crippen LogP contribution >= 0.6 is 11.6 Å². The molecule has 0 aliphatic rings. The number of hydrogen-bond donors (Lipinski definition) is 0. The van der Waals surface area contributed by atoms with Crippen molar-refractivity contribution in [2.75, 3.05) is 0 Å². The van der Waals surface area contributed by atoms with E-state index >= 15 is 0 Å². The normalized spacial score (nSPS) is 12.1. The molecule has 0 spiro atoms. The number of carbonyl (C=O) groups excluding carboxylic acids is 1. The van der Waals surface area contributed by atoms with Crippen LogP contribution in [0.5, 0.6) is 0 Å². The quantitative estimate of drug-likeness (QED) is 0.595. The zero-order chi connectivity index (χ0) is 19.4. The fourth-order valence-electron chi connectivity index (χ4n) is 2.98. The monoisotopic (exact) mass is 384 g/mol. The van der Waals surface area contributed by atoms with Crippen LogP contribution in [0.15, 0.2) is 53.5 Å². The van der Waals surface area contributed by atoms with Crippen molar-refractivity contribution in [3.05, 3.63) is 80.9 Å². The number of halogens is 1. The Labute approximate surface area is 162 Å². The van der Waals surface area contributed by atoms with Crippen LogP contribution in [-0.2, 0) is 16.1 Å². The topological polar surface area (TPSA) is 60.7 Å². The summed E-state index contributed by atoms with van der Waals surface area (Å²) in [5.41, 5.74) is 2.60. The smallest absolute Gasteiger partial charge is 0.313 e. The summed E-state index contributed by atoms with van der Waals surface area (Å²) in [4.78, 5) is 29.3. The molecule has 1 unspecified atom stereocenters. The molecule has 0 radical (unpaired) electrons. The van der Waals surface area contributed by atoms with E-state index in [2.05, 4.69) is 4.98 Å². The lowest BCUT2D eigenvalue weighted by Crippen LogP contribution is -2.19. The van der Waals surface area contributed by atoms with E-state index in [1.54, 1.807) is 24.4 Å². The molecule has 2 aromatic heterocycles. The number of carbonyl (C=O) groups is 1. The Morgan fingerprint density at radius 1 is 1.22 bits per heavy atom. The molecule has 3 aromatic rings. The number of benzene rings is 1. The second kappa shape index (κ2) is 8.35. The summed E-state index contributed by atoms with van der Waals surface area (Å²) < 4.78 is 6.95. The molecule has 1 atom stereocenters. The third-order valence-corrected chi connectivity index (χ3v) is 4.61. The highest BCUT2D eigenvalue weighted by Crippen LogP contribution is 2.24. The third kappa shape index (κ3) is 4.55. The molecule has 0 aliphatic heterocycles. The molecule has 6 heteroatoms. The van der Waals surface area contributed by atoms with Gasteiger partial charge in [-0.1, -0.05) is 43.1 Å².